The van der Waals surface area contributed by atoms with Gasteiger partial charge in [0.05, 0.1) is 11.1 Å². The zero-order chi connectivity index (χ0) is 22.8. The number of thioether (sulfide) groups is 1. The molecular formula is C24H32F6S. The lowest BCUT2D eigenvalue weighted by Crippen LogP contribution is -2.27. The van der Waals surface area contributed by atoms with Crippen LogP contribution in [0.5, 0.6) is 0 Å². The highest BCUT2D eigenvalue weighted by molar-refractivity contribution is 7.98. The van der Waals surface area contributed by atoms with E-state index in [1.807, 2.05) is 0 Å². The lowest BCUT2D eigenvalue weighted by atomic mass is 9.67. The lowest BCUT2D eigenvalue weighted by Gasteiger charge is -2.38. The van der Waals surface area contributed by atoms with E-state index in [-0.39, 0.29) is 10.5 Å². The molecular weight excluding hydrogens is 434 g/mol. The smallest absolute Gasteiger partial charge is 0.166 e. The molecule has 2 saturated carbocycles. The minimum absolute atomic E-state index is 0.164. The second kappa shape index (κ2) is 9.96. The van der Waals surface area contributed by atoms with Gasteiger partial charge in [0.15, 0.2) is 0 Å². The summed E-state index contributed by atoms with van der Waals surface area (Å²) >= 11 is 0.711. The molecule has 0 heterocycles. The molecule has 0 N–H and O–H groups in total. The molecule has 0 amide bonds. The van der Waals surface area contributed by atoms with Crippen LogP contribution in [0.1, 0.15) is 93.7 Å². The van der Waals surface area contributed by atoms with E-state index in [2.05, 4.69) is 6.92 Å². The van der Waals surface area contributed by atoms with E-state index in [1.54, 1.807) is 0 Å². The molecule has 3 rings (SSSR count). The molecule has 0 aromatic heterocycles. The van der Waals surface area contributed by atoms with Crippen molar-refractivity contribution in [2.45, 2.75) is 94.3 Å². The molecule has 1 aromatic carbocycles. The zero-order valence-corrected chi connectivity index (χ0v) is 19.0. The Morgan fingerprint density at radius 3 is 1.74 bits per heavy atom. The second-order valence-corrected chi connectivity index (χ2v) is 10.1. The highest BCUT2D eigenvalue weighted by Gasteiger charge is 2.47. The zero-order valence-electron chi connectivity index (χ0n) is 18.2. The Balaban J connectivity index is 1.77. The number of hydrogen-bond acceptors (Lipinski definition) is 1. The van der Waals surface area contributed by atoms with Gasteiger partial charge in [0, 0.05) is 4.90 Å². The molecule has 0 saturated heterocycles. The third-order valence-corrected chi connectivity index (χ3v) is 8.23. The average molecular weight is 467 g/mol. The Kier molecular flexibility index (Phi) is 7.97. The number of halogens is 6. The van der Waals surface area contributed by atoms with E-state index >= 15 is 0 Å². The van der Waals surface area contributed by atoms with Crippen molar-refractivity contribution in [3.8, 4) is 0 Å². The lowest BCUT2D eigenvalue weighted by molar-refractivity contribution is -0.164. The van der Waals surface area contributed by atoms with Crippen LogP contribution in [-0.2, 0) is 12.4 Å². The number of benzene rings is 1. The highest BCUT2D eigenvalue weighted by Crippen LogP contribution is 2.51. The standard InChI is InChI=1S/C24H32F6S/c1-3-4-15-5-7-16(8-6-15)17-9-11-18(12-10-17)19-13-14-20(31-2)22(24(28,29)30)21(19)23(25,26)27/h13-18H,3-12H2,1-2H3. The van der Waals surface area contributed by atoms with E-state index in [1.165, 1.54) is 56.9 Å². The van der Waals surface area contributed by atoms with Gasteiger partial charge in [-0.05, 0) is 80.1 Å². The molecule has 0 nitrogen and oxygen atoms in total. The summed E-state index contributed by atoms with van der Waals surface area (Å²) in [4.78, 5) is -0.360. The summed E-state index contributed by atoms with van der Waals surface area (Å²) in [7, 11) is 0. The maximum Gasteiger partial charge on any atom is 0.418 e. The maximum atomic E-state index is 13.9. The largest absolute Gasteiger partial charge is 0.418 e. The van der Waals surface area contributed by atoms with Gasteiger partial charge in [0.1, 0.15) is 0 Å². The summed E-state index contributed by atoms with van der Waals surface area (Å²) in [6, 6.07) is 2.52. The first-order chi connectivity index (χ1) is 14.6. The third-order valence-electron chi connectivity index (χ3n) is 7.45. The van der Waals surface area contributed by atoms with E-state index in [9.17, 15) is 26.3 Å². The van der Waals surface area contributed by atoms with Gasteiger partial charge in [-0.25, -0.2) is 0 Å². The first-order valence-corrected chi connectivity index (χ1v) is 12.6. The first kappa shape index (κ1) is 24.8. The van der Waals surface area contributed by atoms with Gasteiger partial charge in [0.2, 0.25) is 0 Å². The van der Waals surface area contributed by atoms with E-state index in [0.717, 1.165) is 18.8 Å². The molecule has 7 heteroatoms. The van der Waals surface area contributed by atoms with E-state index in [4.69, 9.17) is 0 Å². The fourth-order valence-electron chi connectivity index (χ4n) is 5.95. The quantitative estimate of drug-likeness (QED) is 0.308. The minimum Gasteiger partial charge on any atom is -0.166 e. The second-order valence-electron chi connectivity index (χ2n) is 9.28. The van der Waals surface area contributed by atoms with Crippen LogP contribution < -0.4 is 0 Å². The molecule has 0 radical (unpaired) electrons. The molecule has 0 bridgehead atoms. The fraction of sp³-hybridized carbons (Fsp3) is 0.750. The number of hydrogen-bond donors (Lipinski definition) is 0. The Hall–Kier alpha value is -0.850. The van der Waals surface area contributed by atoms with Gasteiger partial charge in [-0.15, -0.1) is 11.8 Å². The van der Waals surface area contributed by atoms with Crippen LogP contribution in [0, 0.1) is 17.8 Å². The number of alkyl halides is 6. The third kappa shape index (κ3) is 5.75. The molecule has 31 heavy (non-hydrogen) atoms. The van der Waals surface area contributed by atoms with Crippen molar-refractivity contribution >= 4 is 11.8 Å². The summed E-state index contributed by atoms with van der Waals surface area (Å²) in [5, 5.41) is 0. The summed E-state index contributed by atoms with van der Waals surface area (Å²) < 4.78 is 82.6. The van der Waals surface area contributed by atoms with Crippen molar-refractivity contribution in [1.29, 1.82) is 0 Å². The Morgan fingerprint density at radius 2 is 1.29 bits per heavy atom. The minimum atomic E-state index is -5.03. The average Bonchev–Trinajstić information content (AvgIpc) is 2.72. The van der Waals surface area contributed by atoms with Gasteiger partial charge in [-0.1, -0.05) is 38.7 Å². The van der Waals surface area contributed by atoms with Gasteiger partial charge in [0.25, 0.3) is 0 Å². The molecule has 0 unspecified atom stereocenters. The van der Waals surface area contributed by atoms with Crippen LogP contribution in [0.2, 0.25) is 0 Å². The summed E-state index contributed by atoms with van der Waals surface area (Å²) in [5.41, 5.74) is -3.14. The van der Waals surface area contributed by atoms with Crippen molar-refractivity contribution in [3.05, 3.63) is 28.8 Å². The molecule has 2 fully saturated rings. The van der Waals surface area contributed by atoms with Crippen molar-refractivity contribution in [2.75, 3.05) is 6.26 Å². The van der Waals surface area contributed by atoms with Crippen molar-refractivity contribution < 1.29 is 26.3 Å². The summed E-state index contributed by atoms with van der Waals surface area (Å²) in [6.45, 7) is 2.21. The first-order valence-electron chi connectivity index (χ1n) is 11.4. The predicted molar refractivity (Wildman–Crippen MR) is 113 cm³/mol. The van der Waals surface area contributed by atoms with E-state index in [0.29, 0.717) is 36.4 Å². The summed E-state index contributed by atoms with van der Waals surface area (Å²) in [6.07, 6.45) is 1.36. The van der Waals surface area contributed by atoms with Crippen molar-refractivity contribution in [1.82, 2.24) is 0 Å². The van der Waals surface area contributed by atoms with Crippen LogP contribution in [0.3, 0.4) is 0 Å². The van der Waals surface area contributed by atoms with Crippen LogP contribution in [0.4, 0.5) is 26.3 Å². The Bertz CT molecular complexity index is 723. The molecule has 2 aliphatic carbocycles. The SMILES string of the molecule is CCCC1CCC(C2CCC(c3ccc(SC)c(C(F)(F)F)c3C(F)(F)F)CC2)CC1. The Morgan fingerprint density at radius 1 is 0.774 bits per heavy atom. The van der Waals surface area contributed by atoms with Gasteiger partial charge < -0.3 is 0 Å². The van der Waals surface area contributed by atoms with Gasteiger partial charge in [-0.2, -0.15) is 26.3 Å². The molecule has 0 aliphatic heterocycles. The fourth-order valence-corrected chi connectivity index (χ4v) is 6.58. The van der Waals surface area contributed by atoms with Crippen molar-refractivity contribution in [2.24, 2.45) is 17.8 Å². The van der Waals surface area contributed by atoms with E-state index < -0.39 is 29.4 Å². The van der Waals surface area contributed by atoms with Crippen LogP contribution in [0.25, 0.3) is 0 Å². The summed E-state index contributed by atoms with van der Waals surface area (Å²) in [5.74, 6) is 1.48. The normalized spacial score (nSPS) is 28.0. The molecule has 1 aromatic rings. The maximum absolute atomic E-state index is 13.9. The highest BCUT2D eigenvalue weighted by atomic mass is 32.2. The molecule has 0 atom stereocenters. The van der Waals surface area contributed by atoms with Gasteiger partial charge >= 0.3 is 12.4 Å². The molecule has 176 valence electrons. The van der Waals surface area contributed by atoms with Crippen LogP contribution >= 0.6 is 11.8 Å². The van der Waals surface area contributed by atoms with Crippen LogP contribution in [-0.4, -0.2) is 6.26 Å². The number of rotatable bonds is 5. The Labute approximate surface area is 185 Å². The molecule has 2 aliphatic rings. The van der Waals surface area contributed by atoms with Gasteiger partial charge in [-0.3, -0.25) is 0 Å². The molecule has 0 spiro atoms. The van der Waals surface area contributed by atoms with Crippen molar-refractivity contribution in [3.63, 3.8) is 0 Å². The van der Waals surface area contributed by atoms with Crippen LogP contribution in [0.15, 0.2) is 17.0 Å². The predicted octanol–water partition coefficient (Wildman–Crippen LogP) is 9.33. The topological polar surface area (TPSA) is 0 Å². The monoisotopic (exact) mass is 466 g/mol.